The molecule has 0 bridgehead atoms. The molecule has 18 heavy (non-hydrogen) atoms. The van der Waals surface area contributed by atoms with Gasteiger partial charge in [-0.05, 0) is 24.1 Å². The molecule has 0 spiro atoms. The van der Waals surface area contributed by atoms with E-state index in [9.17, 15) is 18.0 Å². The summed E-state index contributed by atoms with van der Waals surface area (Å²) in [6.07, 6.45) is -1.10. The van der Waals surface area contributed by atoms with E-state index in [4.69, 9.17) is 0 Å². The normalized spacial score (nSPS) is 11.8. The lowest BCUT2D eigenvalue weighted by Crippen LogP contribution is -2.07. The quantitative estimate of drug-likeness (QED) is 0.774. The SMILES string of the molecule is COC(=O)CC=Cc1ccc(C(F)(F)F)c(C)c1. The van der Waals surface area contributed by atoms with Crippen LogP contribution in [-0.4, -0.2) is 13.1 Å². The number of carbonyl (C=O) groups excluding carboxylic acids is 1. The summed E-state index contributed by atoms with van der Waals surface area (Å²) in [6, 6.07) is 3.83. The van der Waals surface area contributed by atoms with Gasteiger partial charge in [-0.25, -0.2) is 0 Å². The van der Waals surface area contributed by atoms with E-state index in [0.717, 1.165) is 6.07 Å². The molecule has 0 aliphatic heterocycles. The second kappa shape index (κ2) is 5.71. The molecule has 1 aromatic carbocycles. The van der Waals surface area contributed by atoms with Crippen LogP contribution in [0.2, 0.25) is 0 Å². The lowest BCUT2D eigenvalue weighted by molar-refractivity contribution is -0.139. The fourth-order valence-corrected chi connectivity index (χ4v) is 1.48. The number of hydrogen-bond acceptors (Lipinski definition) is 2. The average molecular weight is 258 g/mol. The summed E-state index contributed by atoms with van der Waals surface area (Å²) in [5.41, 5.74) is 0.125. The van der Waals surface area contributed by atoms with Crippen molar-refractivity contribution >= 4 is 12.0 Å². The van der Waals surface area contributed by atoms with E-state index >= 15 is 0 Å². The van der Waals surface area contributed by atoms with Crippen LogP contribution in [0.4, 0.5) is 13.2 Å². The first-order valence-electron chi connectivity index (χ1n) is 5.26. The van der Waals surface area contributed by atoms with Crippen molar-refractivity contribution in [1.29, 1.82) is 0 Å². The van der Waals surface area contributed by atoms with Crippen LogP contribution >= 0.6 is 0 Å². The zero-order chi connectivity index (χ0) is 13.8. The van der Waals surface area contributed by atoms with Gasteiger partial charge in [-0.15, -0.1) is 0 Å². The van der Waals surface area contributed by atoms with Gasteiger partial charge >= 0.3 is 12.1 Å². The Hall–Kier alpha value is -1.78. The lowest BCUT2D eigenvalue weighted by atomic mass is 10.0. The third kappa shape index (κ3) is 3.91. The monoisotopic (exact) mass is 258 g/mol. The molecular formula is C13H13F3O2. The first-order valence-corrected chi connectivity index (χ1v) is 5.26. The van der Waals surface area contributed by atoms with Gasteiger partial charge in [-0.2, -0.15) is 13.2 Å². The molecule has 1 rings (SSSR count). The molecule has 0 atom stereocenters. The van der Waals surface area contributed by atoms with Gasteiger partial charge in [0.2, 0.25) is 0 Å². The van der Waals surface area contributed by atoms with Crippen LogP contribution in [0.15, 0.2) is 24.3 Å². The molecule has 98 valence electrons. The number of hydrogen-bond donors (Lipinski definition) is 0. The number of benzene rings is 1. The summed E-state index contributed by atoms with van der Waals surface area (Å²) in [6.45, 7) is 1.40. The zero-order valence-electron chi connectivity index (χ0n) is 10.0. The highest BCUT2D eigenvalue weighted by atomic mass is 19.4. The van der Waals surface area contributed by atoms with Gasteiger partial charge < -0.3 is 4.74 Å². The highest BCUT2D eigenvalue weighted by Crippen LogP contribution is 2.32. The van der Waals surface area contributed by atoms with Gasteiger partial charge in [0.05, 0.1) is 19.1 Å². The molecule has 0 heterocycles. The predicted octanol–water partition coefficient (Wildman–Crippen LogP) is 3.59. The van der Waals surface area contributed by atoms with Gasteiger partial charge in [-0.1, -0.05) is 24.3 Å². The average Bonchev–Trinajstić information content (AvgIpc) is 2.27. The van der Waals surface area contributed by atoms with Crippen molar-refractivity contribution < 1.29 is 22.7 Å². The van der Waals surface area contributed by atoms with Gasteiger partial charge in [0.25, 0.3) is 0 Å². The van der Waals surface area contributed by atoms with Crippen LogP contribution in [0, 0.1) is 6.92 Å². The Balaban J connectivity index is 2.82. The van der Waals surface area contributed by atoms with Crippen molar-refractivity contribution in [1.82, 2.24) is 0 Å². The van der Waals surface area contributed by atoms with Crippen molar-refractivity contribution in [2.75, 3.05) is 7.11 Å². The topological polar surface area (TPSA) is 26.3 Å². The Bertz CT molecular complexity index is 462. The van der Waals surface area contributed by atoms with Gasteiger partial charge in [-0.3, -0.25) is 4.79 Å². The zero-order valence-corrected chi connectivity index (χ0v) is 10.0. The Morgan fingerprint density at radius 3 is 2.56 bits per heavy atom. The fourth-order valence-electron chi connectivity index (χ4n) is 1.48. The minimum absolute atomic E-state index is 0.0938. The number of alkyl halides is 3. The van der Waals surface area contributed by atoms with Gasteiger partial charge in [0.15, 0.2) is 0 Å². The van der Waals surface area contributed by atoms with Crippen LogP contribution in [0.25, 0.3) is 6.08 Å². The molecule has 0 aliphatic rings. The van der Waals surface area contributed by atoms with E-state index in [0.29, 0.717) is 5.56 Å². The van der Waals surface area contributed by atoms with Gasteiger partial charge in [0.1, 0.15) is 0 Å². The third-order valence-electron chi connectivity index (χ3n) is 2.38. The number of ether oxygens (including phenoxy) is 1. The summed E-state index contributed by atoms with van der Waals surface area (Å²) >= 11 is 0. The van der Waals surface area contributed by atoms with E-state index in [-0.39, 0.29) is 12.0 Å². The van der Waals surface area contributed by atoms with Gasteiger partial charge in [0, 0.05) is 0 Å². The molecule has 2 nitrogen and oxygen atoms in total. The van der Waals surface area contributed by atoms with Crippen molar-refractivity contribution in [2.45, 2.75) is 19.5 Å². The first-order chi connectivity index (χ1) is 8.34. The molecule has 0 fully saturated rings. The van der Waals surface area contributed by atoms with E-state index in [1.165, 1.54) is 26.2 Å². The fraction of sp³-hybridized carbons (Fsp3) is 0.308. The molecule has 5 heteroatoms. The number of methoxy groups -OCH3 is 1. The summed E-state index contributed by atoms with van der Waals surface area (Å²) in [7, 11) is 1.28. The Labute approximate surface area is 103 Å². The summed E-state index contributed by atoms with van der Waals surface area (Å²) in [4.78, 5) is 10.8. The smallest absolute Gasteiger partial charge is 0.416 e. The maximum Gasteiger partial charge on any atom is 0.416 e. The lowest BCUT2D eigenvalue weighted by Gasteiger charge is -2.10. The van der Waals surface area contributed by atoms with Crippen molar-refractivity contribution in [2.24, 2.45) is 0 Å². The molecule has 0 saturated heterocycles. The molecule has 0 unspecified atom stereocenters. The Morgan fingerprint density at radius 1 is 1.39 bits per heavy atom. The molecule has 0 aliphatic carbocycles. The maximum absolute atomic E-state index is 12.5. The summed E-state index contributed by atoms with van der Waals surface area (Å²) < 4.78 is 42.0. The Morgan fingerprint density at radius 2 is 2.06 bits per heavy atom. The third-order valence-corrected chi connectivity index (χ3v) is 2.38. The largest absolute Gasteiger partial charge is 0.469 e. The predicted molar refractivity (Wildman–Crippen MR) is 61.8 cm³/mol. The number of rotatable bonds is 3. The second-order valence-corrected chi connectivity index (χ2v) is 3.75. The van der Waals surface area contributed by atoms with E-state index in [1.807, 2.05) is 0 Å². The second-order valence-electron chi connectivity index (χ2n) is 3.75. The highest BCUT2D eigenvalue weighted by molar-refractivity contribution is 5.72. The number of halogens is 3. The first kappa shape index (κ1) is 14.3. The van der Waals surface area contributed by atoms with Crippen LogP contribution in [-0.2, 0) is 15.7 Å². The molecule has 0 amide bonds. The van der Waals surface area contributed by atoms with Crippen molar-refractivity contribution in [3.63, 3.8) is 0 Å². The van der Waals surface area contributed by atoms with E-state index in [1.54, 1.807) is 12.2 Å². The number of carbonyl (C=O) groups is 1. The van der Waals surface area contributed by atoms with Crippen LogP contribution in [0.3, 0.4) is 0 Å². The molecule has 0 N–H and O–H groups in total. The number of esters is 1. The molecule has 0 radical (unpaired) electrons. The molecular weight excluding hydrogens is 245 g/mol. The number of aryl methyl sites for hydroxylation is 1. The highest BCUT2D eigenvalue weighted by Gasteiger charge is 2.31. The summed E-state index contributed by atoms with van der Waals surface area (Å²) in [5, 5.41) is 0. The van der Waals surface area contributed by atoms with Crippen LogP contribution in [0.1, 0.15) is 23.1 Å². The van der Waals surface area contributed by atoms with Crippen molar-refractivity contribution in [3.8, 4) is 0 Å². The standard InChI is InChI=1S/C13H13F3O2/c1-9-8-10(4-3-5-12(17)18-2)6-7-11(9)13(14,15)16/h3-4,6-8H,5H2,1-2H3. The molecule has 0 saturated carbocycles. The minimum Gasteiger partial charge on any atom is -0.469 e. The van der Waals surface area contributed by atoms with Crippen LogP contribution < -0.4 is 0 Å². The Kier molecular flexibility index (Phi) is 4.53. The van der Waals surface area contributed by atoms with E-state index in [2.05, 4.69) is 4.74 Å². The van der Waals surface area contributed by atoms with E-state index < -0.39 is 17.7 Å². The van der Waals surface area contributed by atoms with Crippen molar-refractivity contribution in [3.05, 3.63) is 41.0 Å². The summed E-state index contributed by atoms with van der Waals surface area (Å²) in [5.74, 6) is -0.394. The van der Waals surface area contributed by atoms with Crippen LogP contribution in [0.5, 0.6) is 0 Å². The molecule has 0 aromatic heterocycles. The molecule has 1 aromatic rings. The maximum atomic E-state index is 12.5. The minimum atomic E-state index is -4.33.